The van der Waals surface area contributed by atoms with Gasteiger partial charge in [-0.3, -0.25) is 4.79 Å². The standard InChI is InChI=1S/C11H16N2O4/c1-4-7-5-8(13-17-7)10(14)12-9(6(2)3)11(15)16/h5-6,9H,4H2,1-3H3,(H,12,14)(H,15,16)/t9-/m0/s1. The molecular formula is C11H16N2O4. The summed E-state index contributed by atoms with van der Waals surface area (Å²) in [6.07, 6.45) is 0.632. The van der Waals surface area contributed by atoms with Crippen molar-refractivity contribution in [2.75, 3.05) is 0 Å². The van der Waals surface area contributed by atoms with E-state index in [9.17, 15) is 9.59 Å². The first kappa shape index (κ1) is 13.2. The fraction of sp³-hybridized carbons (Fsp3) is 0.545. The first-order chi connectivity index (χ1) is 7.95. The Morgan fingerprint density at radius 2 is 2.18 bits per heavy atom. The van der Waals surface area contributed by atoms with Crippen molar-refractivity contribution in [1.29, 1.82) is 0 Å². The summed E-state index contributed by atoms with van der Waals surface area (Å²) in [7, 11) is 0. The number of carbonyl (C=O) groups excluding carboxylic acids is 1. The molecule has 0 saturated carbocycles. The zero-order valence-electron chi connectivity index (χ0n) is 10.1. The number of hydrogen-bond acceptors (Lipinski definition) is 4. The molecule has 0 aliphatic carbocycles. The van der Waals surface area contributed by atoms with E-state index in [1.807, 2.05) is 6.92 Å². The minimum atomic E-state index is -1.06. The van der Waals surface area contributed by atoms with Crippen molar-refractivity contribution in [3.05, 3.63) is 17.5 Å². The second-order valence-electron chi connectivity index (χ2n) is 4.07. The summed E-state index contributed by atoms with van der Waals surface area (Å²) in [5.41, 5.74) is 0.105. The van der Waals surface area contributed by atoms with Gasteiger partial charge in [-0.2, -0.15) is 0 Å². The van der Waals surface area contributed by atoms with E-state index in [4.69, 9.17) is 9.63 Å². The van der Waals surface area contributed by atoms with Crippen molar-refractivity contribution in [3.63, 3.8) is 0 Å². The third kappa shape index (κ3) is 3.30. The lowest BCUT2D eigenvalue weighted by molar-refractivity contribution is -0.140. The van der Waals surface area contributed by atoms with Crippen LogP contribution < -0.4 is 5.32 Å². The maximum Gasteiger partial charge on any atom is 0.326 e. The van der Waals surface area contributed by atoms with Gasteiger partial charge in [-0.05, 0) is 5.92 Å². The summed E-state index contributed by atoms with van der Waals surface area (Å²) in [5, 5.41) is 14.9. The molecule has 1 aromatic heterocycles. The Morgan fingerprint density at radius 1 is 1.53 bits per heavy atom. The first-order valence-corrected chi connectivity index (χ1v) is 5.45. The Kier molecular flexibility index (Phi) is 4.25. The van der Waals surface area contributed by atoms with E-state index >= 15 is 0 Å². The van der Waals surface area contributed by atoms with Crippen LogP contribution in [0.3, 0.4) is 0 Å². The van der Waals surface area contributed by atoms with Crippen LogP contribution in [0, 0.1) is 5.92 Å². The summed E-state index contributed by atoms with van der Waals surface area (Å²) < 4.78 is 4.88. The molecule has 0 spiro atoms. The van der Waals surface area contributed by atoms with E-state index in [1.54, 1.807) is 13.8 Å². The van der Waals surface area contributed by atoms with Crippen molar-refractivity contribution < 1.29 is 19.2 Å². The molecule has 0 unspecified atom stereocenters. The van der Waals surface area contributed by atoms with Crippen molar-refractivity contribution >= 4 is 11.9 Å². The van der Waals surface area contributed by atoms with Gasteiger partial charge >= 0.3 is 5.97 Å². The molecule has 17 heavy (non-hydrogen) atoms. The van der Waals surface area contributed by atoms with Crippen LogP contribution in [0.1, 0.15) is 37.0 Å². The lowest BCUT2D eigenvalue weighted by Gasteiger charge is -2.16. The summed E-state index contributed by atoms with van der Waals surface area (Å²) >= 11 is 0. The number of carboxylic acid groups (broad SMARTS) is 1. The minimum Gasteiger partial charge on any atom is -0.480 e. The highest BCUT2D eigenvalue weighted by Gasteiger charge is 2.25. The lowest BCUT2D eigenvalue weighted by Crippen LogP contribution is -2.44. The summed E-state index contributed by atoms with van der Waals surface area (Å²) in [5.74, 6) is -1.21. The number of nitrogens with zero attached hydrogens (tertiary/aromatic N) is 1. The molecule has 0 fully saturated rings. The third-order valence-electron chi connectivity index (χ3n) is 2.36. The number of nitrogens with one attached hydrogen (secondary N) is 1. The largest absolute Gasteiger partial charge is 0.480 e. The van der Waals surface area contributed by atoms with Gasteiger partial charge in [-0.15, -0.1) is 0 Å². The Bertz CT molecular complexity index is 411. The molecule has 1 atom stereocenters. The number of aryl methyl sites for hydroxylation is 1. The highest BCUT2D eigenvalue weighted by atomic mass is 16.5. The maximum absolute atomic E-state index is 11.7. The van der Waals surface area contributed by atoms with Crippen LogP contribution in [-0.4, -0.2) is 28.2 Å². The molecule has 0 aliphatic heterocycles. The van der Waals surface area contributed by atoms with Crippen molar-refractivity contribution in [3.8, 4) is 0 Å². The normalized spacial score (nSPS) is 12.5. The number of aromatic nitrogens is 1. The predicted octanol–water partition coefficient (Wildman–Crippen LogP) is 1.08. The van der Waals surface area contributed by atoms with Crippen molar-refractivity contribution in [1.82, 2.24) is 10.5 Å². The Hall–Kier alpha value is -1.85. The summed E-state index contributed by atoms with van der Waals surface area (Å²) in [4.78, 5) is 22.6. The number of carboxylic acids is 1. The molecule has 0 saturated heterocycles. The summed E-state index contributed by atoms with van der Waals surface area (Å²) in [6.45, 7) is 5.31. The highest BCUT2D eigenvalue weighted by molar-refractivity contribution is 5.94. The Balaban J connectivity index is 2.73. The Morgan fingerprint density at radius 3 is 2.59 bits per heavy atom. The van der Waals surface area contributed by atoms with Crippen LogP contribution in [-0.2, 0) is 11.2 Å². The predicted molar refractivity (Wildman–Crippen MR) is 59.6 cm³/mol. The first-order valence-electron chi connectivity index (χ1n) is 5.45. The number of hydrogen-bond donors (Lipinski definition) is 2. The van der Waals surface area contributed by atoms with Gasteiger partial charge in [0.05, 0.1) is 0 Å². The van der Waals surface area contributed by atoms with Gasteiger partial charge < -0.3 is 14.9 Å². The van der Waals surface area contributed by atoms with Gasteiger partial charge in [0.25, 0.3) is 5.91 Å². The molecule has 1 rings (SSSR count). The zero-order chi connectivity index (χ0) is 13.0. The second kappa shape index (κ2) is 5.47. The molecular weight excluding hydrogens is 224 g/mol. The molecule has 0 aliphatic rings. The van der Waals surface area contributed by atoms with Gasteiger partial charge in [0.15, 0.2) is 5.69 Å². The SMILES string of the molecule is CCc1cc(C(=O)N[C@H](C(=O)O)C(C)C)no1. The maximum atomic E-state index is 11.7. The van der Waals surface area contributed by atoms with Crippen LogP contribution in [0.4, 0.5) is 0 Å². The molecule has 94 valence electrons. The van der Waals surface area contributed by atoms with E-state index in [2.05, 4.69) is 10.5 Å². The highest BCUT2D eigenvalue weighted by Crippen LogP contribution is 2.07. The quantitative estimate of drug-likeness (QED) is 0.803. The molecule has 1 amide bonds. The molecule has 6 nitrogen and oxygen atoms in total. The summed E-state index contributed by atoms with van der Waals surface area (Å²) in [6, 6.07) is 0.582. The van der Waals surface area contributed by atoms with Crippen LogP contribution in [0.15, 0.2) is 10.6 Å². The van der Waals surface area contributed by atoms with Crippen LogP contribution in [0.5, 0.6) is 0 Å². The van der Waals surface area contributed by atoms with E-state index < -0.39 is 17.9 Å². The number of aliphatic carboxylic acids is 1. The molecule has 6 heteroatoms. The monoisotopic (exact) mass is 240 g/mol. The zero-order valence-corrected chi connectivity index (χ0v) is 10.1. The second-order valence-corrected chi connectivity index (χ2v) is 4.07. The smallest absolute Gasteiger partial charge is 0.326 e. The van der Waals surface area contributed by atoms with E-state index in [-0.39, 0.29) is 11.6 Å². The van der Waals surface area contributed by atoms with Gasteiger partial charge in [0.1, 0.15) is 11.8 Å². The minimum absolute atomic E-state index is 0.105. The van der Waals surface area contributed by atoms with Crippen LogP contribution in [0.25, 0.3) is 0 Å². The van der Waals surface area contributed by atoms with Gasteiger partial charge in [-0.25, -0.2) is 4.79 Å². The lowest BCUT2D eigenvalue weighted by atomic mass is 10.0. The molecule has 1 aromatic rings. The van der Waals surface area contributed by atoms with E-state index in [0.29, 0.717) is 12.2 Å². The number of amides is 1. The molecule has 1 heterocycles. The molecule has 0 radical (unpaired) electrons. The van der Waals surface area contributed by atoms with E-state index in [1.165, 1.54) is 6.07 Å². The van der Waals surface area contributed by atoms with Crippen LogP contribution >= 0.6 is 0 Å². The fourth-order valence-electron chi connectivity index (χ4n) is 1.32. The molecule has 2 N–H and O–H groups in total. The number of rotatable bonds is 5. The average Bonchev–Trinajstić information content (AvgIpc) is 2.73. The average molecular weight is 240 g/mol. The van der Waals surface area contributed by atoms with E-state index in [0.717, 1.165) is 0 Å². The van der Waals surface area contributed by atoms with Gasteiger partial charge in [0.2, 0.25) is 0 Å². The third-order valence-corrected chi connectivity index (χ3v) is 2.36. The number of carbonyl (C=O) groups is 2. The Labute approximate surface area is 99.0 Å². The van der Waals surface area contributed by atoms with Crippen molar-refractivity contribution in [2.24, 2.45) is 5.92 Å². The van der Waals surface area contributed by atoms with Crippen LogP contribution in [0.2, 0.25) is 0 Å². The van der Waals surface area contributed by atoms with Crippen molar-refractivity contribution in [2.45, 2.75) is 33.2 Å². The fourth-order valence-corrected chi connectivity index (χ4v) is 1.32. The molecule has 0 bridgehead atoms. The topological polar surface area (TPSA) is 92.4 Å². The molecule has 0 aromatic carbocycles. The van der Waals surface area contributed by atoms with Gasteiger partial charge in [0, 0.05) is 12.5 Å². The van der Waals surface area contributed by atoms with Gasteiger partial charge in [-0.1, -0.05) is 25.9 Å².